The Balaban J connectivity index is 3.16. The van der Waals surface area contributed by atoms with E-state index in [1.807, 2.05) is 0 Å². The SMILES string of the molecule is Cc1nc(C)c2c(C(C)C)c(C)c(C)c(C)c2c1C. The number of aromatic nitrogens is 1. The summed E-state index contributed by atoms with van der Waals surface area (Å²) < 4.78 is 0. The molecule has 0 amide bonds. The second kappa shape index (κ2) is 4.63. The van der Waals surface area contributed by atoms with Crippen LogP contribution in [0.5, 0.6) is 0 Å². The zero-order valence-electron chi connectivity index (χ0n) is 13.5. The molecule has 0 fully saturated rings. The van der Waals surface area contributed by atoms with Crippen molar-refractivity contribution in [1.29, 1.82) is 0 Å². The van der Waals surface area contributed by atoms with Crippen molar-refractivity contribution in [2.45, 2.75) is 61.3 Å². The first kappa shape index (κ1) is 14.0. The van der Waals surface area contributed by atoms with Crippen LogP contribution in [0.25, 0.3) is 10.8 Å². The summed E-state index contributed by atoms with van der Waals surface area (Å²) in [6, 6.07) is 0. The van der Waals surface area contributed by atoms with Gasteiger partial charge in [-0.05, 0) is 80.7 Å². The summed E-state index contributed by atoms with van der Waals surface area (Å²) in [5, 5.41) is 2.82. The monoisotopic (exact) mass is 255 g/mol. The van der Waals surface area contributed by atoms with Crippen molar-refractivity contribution in [2.24, 2.45) is 0 Å². The number of aryl methyl sites for hydroxylation is 4. The molecule has 0 saturated carbocycles. The molecule has 0 bridgehead atoms. The summed E-state index contributed by atoms with van der Waals surface area (Å²) in [5.74, 6) is 0.532. The van der Waals surface area contributed by atoms with Crippen molar-refractivity contribution in [3.63, 3.8) is 0 Å². The average molecular weight is 255 g/mol. The lowest BCUT2D eigenvalue weighted by Gasteiger charge is -2.22. The molecule has 0 unspecified atom stereocenters. The molecule has 102 valence electrons. The van der Waals surface area contributed by atoms with Crippen molar-refractivity contribution in [3.05, 3.63) is 39.2 Å². The largest absolute Gasteiger partial charge is 0.258 e. The lowest BCUT2D eigenvalue weighted by Crippen LogP contribution is -2.05. The first-order valence-electron chi connectivity index (χ1n) is 7.14. The molecule has 1 nitrogen and oxygen atoms in total. The molecule has 0 atom stereocenters. The van der Waals surface area contributed by atoms with E-state index >= 15 is 0 Å². The number of rotatable bonds is 1. The molecule has 0 aliphatic carbocycles. The fourth-order valence-electron chi connectivity index (χ4n) is 3.32. The van der Waals surface area contributed by atoms with Crippen molar-refractivity contribution >= 4 is 10.8 Å². The van der Waals surface area contributed by atoms with E-state index in [4.69, 9.17) is 4.98 Å². The van der Waals surface area contributed by atoms with E-state index in [0.717, 1.165) is 5.69 Å². The maximum absolute atomic E-state index is 4.76. The van der Waals surface area contributed by atoms with Crippen LogP contribution in [0, 0.1) is 41.5 Å². The van der Waals surface area contributed by atoms with Crippen molar-refractivity contribution < 1.29 is 0 Å². The van der Waals surface area contributed by atoms with E-state index in [1.54, 1.807) is 0 Å². The maximum atomic E-state index is 4.76. The van der Waals surface area contributed by atoms with Crippen LogP contribution in [0.1, 0.15) is 59.0 Å². The number of pyridine rings is 1. The molecule has 0 saturated heterocycles. The molecule has 19 heavy (non-hydrogen) atoms. The second-order valence-electron chi connectivity index (χ2n) is 6.10. The van der Waals surface area contributed by atoms with Gasteiger partial charge in [-0.15, -0.1) is 0 Å². The molecule has 0 aliphatic heterocycles. The Hall–Kier alpha value is -1.37. The summed E-state index contributed by atoms with van der Waals surface area (Å²) in [4.78, 5) is 4.76. The molecule has 2 aromatic rings. The predicted octanol–water partition coefficient (Wildman–Crippen LogP) is 5.21. The lowest BCUT2D eigenvalue weighted by molar-refractivity contribution is 0.860. The van der Waals surface area contributed by atoms with Crippen LogP contribution < -0.4 is 0 Å². The highest BCUT2D eigenvalue weighted by molar-refractivity contribution is 5.95. The molecule has 1 aromatic heterocycles. The third-order valence-electron chi connectivity index (χ3n) is 4.62. The number of benzene rings is 1. The molecular weight excluding hydrogens is 230 g/mol. The van der Waals surface area contributed by atoms with Gasteiger partial charge < -0.3 is 0 Å². The van der Waals surface area contributed by atoms with Gasteiger partial charge >= 0.3 is 0 Å². The summed E-state index contributed by atoms with van der Waals surface area (Å²) in [6.45, 7) is 17.8. The van der Waals surface area contributed by atoms with Gasteiger partial charge in [0.25, 0.3) is 0 Å². The Bertz CT molecular complexity index is 664. The number of fused-ring (bicyclic) bond motifs is 1. The molecule has 1 heterocycles. The van der Waals surface area contributed by atoms with Crippen LogP contribution >= 0.6 is 0 Å². The normalized spacial score (nSPS) is 11.6. The maximum Gasteiger partial charge on any atom is 0.0457 e. The van der Waals surface area contributed by atoms with Gasteiger partial charge in [0.15, 0.2) is 0 Å². The predicted molar refractivity (Wildman–Crippen MR) is 84.3 cm³/mol. The molecular formula is C18H25N. The topological polar surface area (TPSA) is 12.9 Å². The van der Waals surface area contributed by atoms with Crippen molar-refractivity contribution in [3.8, 4) is 0 Å². The van der Waals surface area contributed by atoms with E-state index in [9.17, 15) is 0 Å². The van der Waals surface area contributed by atoms with E-state index in [1.165, 1.54) is 44.3 Å². The fraction of sp³-hybridized carbons (Fsp3) is 0.500. The molecule has 0 spiro atoms. The number of hydrogen-bond donors (Lipinski definition) is 0. The van der Waals surface area contributed by atoms with Gasteiger partial charge in [-0.25, -0.2) is 0 Å². The van der Waals surface area contributed by atoms with Crippen LogP contribution in [0.4, 0.5) is 0 Å². The Morgan fingerprint density at radius 1 is 0.632 bits per heavy atom. The highest BCUT2D eigenvalue weighted by atomic mass is 14.7. The highest BCUT2D eigenvalue weighted by Gasteiger charge is 2.18. The van der Waals surface area contributed by atoms with Gasteiger partial charge in [0.05, 0.1) is 0 Å². The zero-order valence-corrected chi connectivity index (χ0v) is 13.5. The Kier molecular flexibility index (Phi) is 3.42. The summed E-state index contributed by atoms with van der Waals surface area (Å²) in [5.41, 5.74) is 9.44. The smallest absolute Gasteiger partial charge is 0.0457 e. The summed E-state index contributed by atoms with van der Waals surface area (Å²) >= 11 is 0. The summed E-state index contributed by atoms with van der Waals surface area (Å²) in [7, 11) is 0. The first-order valence-corrected chi connectivity index (χ1v) is 7.14. The lowest BCUT2D eigenvalue weighted by atomic mass is 9.84. The van der Waals surface area contributed by atoms with E-state index in [0.29, 0.717) is 5.92 Å². The number of hydrogen-bond acceptors (Lipinski definition) is 1. The molecule has 0 aliphatic rings. The molecule has 2 rings (SSSR count). The fourth-order valence-corrected chi connectivity index (χ4v) is 3.32. The highest BCUT2D eigenvalue weighted by Crippen LogP contribution is 2.37. The summed E-state index contributed by atoms with van der Waals surface area (Å²) in [6.07, 6.45) is 0. The number of nitrogens with zero attached hydrogens (tertiary/aromatic N) is 1. The van der Waals surface area contributed by atoms with E-state index in [-0.39, 0.29) is 0 Å². The van der Waals surface area contributed by atoms with Crippen molar-refractivity contribution in [2.75, 3.05) is 0 Å². The van der Waals surface area contributed by atoms with Gasteiger partial charge in [0.2, 0.25) is 0 Å². The Labute approximate surface area is 117 Å². The van der Waals surface area contributed by atoms with Gasteiger partial charge in [-0.1, -0.05) is 13.8 Å². The molecule has 1 aromatic carbocycles. The van der Waals surface area contributed by atoms with Gasteiger partial charge in [-0.3, -0.25) is 4.98 Å². The van der Waals surface area contributed by atoms with Crippen LogP contribution in [-0.2, 0) is 0 Å². The van der Waals surface area contributed by atoms with E-state index < -0.39 is 0 Å². The third kappa shape index (κ3) is 1.96. The molecule has 1 heteroatoms. The standard InChI is InChI=1S/C18H25N/c1-9(2)16-11(4)10(3)12(5)17-13(6)14(7)19-15(8)18(16)17/h9H,1-8H3. The first-order chi connectivity index (χ1) is 8.77. The average Bonchev–Trinajstić information content (AvgIpc) is 2.32. The van der Waals surface area contributed by atoms with Gasteiger partial charge in [0, 0.05) is 16.8 Å². The van der Waals surface area contributed by atoms with E-state index in [2.05, 4.69) is 55.4 Å². The van der Waals surface area contributed by atoms with Crippen LogP contribution in [-0.4, -0.2) is 4.98 Å². The van der Waals surface area contributed by atoms with Crippen LogP contribution in [0.2, 0.25) is 0 Å². The molecule has 0 N–H and O–H groups in total. The van der Waals surface area contributed by atoms with Gasteiger partial charge in [0.1, 0.15) is 0 Å². The minimum atomic E-state index is 0.532. The second-order valence-corrected chi connectivity index (χ2v) is 6.10. The quantitative estimate of drug-likeness (QED) is 0.681. The van der Waals surface area contributed by atoms with Crippen molar-refractivity contribution in [1.82, 2.24) is 4.98 Å². The van der Waals surface area contributed by atoms with Gasteiger partial charge in [-0.2, -0.15) is 0 Å². The third-order valence-corrected chi connectivity index (χ3v) is 4.62. The minimum absolute atomic E-state index is 0.532. The zero-order chi connectivity index (χ0) is 14.5. The Morgan fingerprint density at radius 2 is 1.21 bits per heavy atom. The van der Waals surface area contributed by atoms with Crippen LogP contribution in [0.15, 0.2) is 0 Å². The van der Waals surface area contributed by atoms with Crippen LogP contribution in [0.3, 0.4) is 0 Å². The minimum Gasteiger partial charge on any atom is -0.258 e. The Morgan fingerprint density at radius 3 is 1.74 bits per heavy atom. The molecule has 0 radical (unpaired) electrons.